The van der Waals surface area contributed by atoms with Crippen LogP contribution >= 0.6 is 0 Å². The fraction of sp³-hybridized carbons (Fsp3) is 0.346. The Labute approximate surface area is 180 Å². The van der Waals surface area contributed by atoms with Crippen molar-refractivity contribution in [1.82, 2.24) is 0 Å². The summed E-state index contributed by atoms with van der Waals surface area (Å²) in [7, 11) is 0. The van der Waals surface area contributed by atoms with Gasteiger partial charge in [0.1, 0.15) is 5.75 Å². The van der Waals surface area contributed by atoms with Gasteiger partial charge in [0.15, 0.2) is 0 Å². The third kappa shape index (κ3) is 2.59. The lowest BCUT2D eigenvalue weighted by Crippen LogP contribution is -2.40. The largest absolute Gasteiger partial charge is 0.423 e. The summed E-state index contributed by atoms with van der Waals surface area (Å²) in [6, 6.07) is 12.2. The molecule has 2 bridgehead atoms. The van der Waals surface area contributed by atoms with Crippen LogP contribution in [0.15, 0.2) is 54.6 Å². The van der Waals surface area contributed by atoms with Gasteiger partial charge in [0.25, 0.3) is 0 Å². The highest BCUT2D eigenvalue weighted by Gasteiger charge is 2.67. The van der Waals surface area contributed by atoms with Crippen LogP contribution in [-0.2, 0) is 9.59 Å². The van der Waals surface area contributed by atoms with Crippen molar-refractivity contribution >= 4 is 23.5 Å². The Hall–Kier alpha value is -3.21. The smallest absolute Gasteiger partial charge is 0.343 e. The first-order valence-corrected chi connectivity index (χ1v) is 10.9. The molecule has 2 saturated carbocycles. The Kier molecular flexibility index (Phi) is 3.83. The summed E-state index contributed by atoms with van der Waals surface area (Å²) >= 11 is 0. The van der Waals surface area contributed by atoms with E-state index < -0.39 is 5.97 Å². The molecule has 7 rings (SSSR count). The summed E-state index contributed by atoms with van der Waals surface area (Å²) in [5.41, 5.74) is 2.88. The highest BCUT2D eigenvalue weighted by molar-refractivity contribution is 6.22. The number of carbonyl (C=O) groups is 3. The van der Waals surface area contributed by atoms with Gasteiger partial charge in [0.05, 0.1) is 23.1 Å². The quantitative estimate of drug-likeness (QED) is 0.329. The van der Waals surface area contributed by atoms with Gasteiger partial charge < -0.3 is 4.74 Å². The highest BCUT2D eigenvalue weighted by atomic mass is 16.5. The monoisotopic (exact) mass is 413 g/mol. The van der Waals surface area contributed by atoms with Gasteiger partial charge in [-0.1, -0.05) is 24.3 Å². The lowest BCUT2D eigenvalue weighted by atomic mass is 9.63. The summed E-state index contributed by atoms with van der Waals surface area (Å²) in [6.45, 7) is 3.88. The number of allylic oxidation sites excluding steroid dienone is 2. The second-order valence-electron chi connectivity index (χ2n) is 9.30. The van der Waals surface area contributed by atoms with Crippen LogP contribution in [0.4, 0.5) is 5.69 Å². The zero-order valence-corrected chi connectivity index (χ0v) is 17.4. The summed E-state index contributed by atoms with van der Waals surface area (Å²) in [5.74, 6) is 1.00. The van der Waals surface area contributed by atoms with Crippen molar-refractivity contribution in [3.8, 4) is 5.75 Å². The molecule has 1 heterocycles. The minimum atomic E-state index is -0.463. The van der Waals surface area contributed by atoms with Crippen LogP contribution in [-0.4, -0.2) is 17.8 Å². The molecule has 5 aliphatic rings. The lowest BCUT2D eigenvalue weighted by Gasteiger charge is -2.37. The fourth-order valence-electron chi connectivity index (χ4n) is 5.95. The standard InChI is InChI=1S/C26H23NO4/c1-13-4-3-5-21(14(13)2)31-26(30)15-6-8-16(9-7-15)27-24(28)22-17-10-11-18(20-12-19(17)20)23(22)25(27)29/h3-11,17-20,22-23H,12H2,1-2H3. The number of esters is 1. The Morgan fingerprint density at radius 3 is 2.13 bits per heavy atom. The van der Waals surface area contributed by atoms with Gasteiger partial charge >= 0.3 is 5.97 Å². The summed E-state index contributed by atoms with van der Waals surface area (Å²) in [5, 5.41) is 0. The minimum Gasteiger partial charge on any atom is -0.423 e. The van der Waals surface area contributed by atoms with Crippen LogP contribution in [0.25, 0.3) is 0 Å². The number of imide groups is 1. The summed E-state index contributed by atoms with van der Waals surface area (Å²) in [4.78, 5) is 40.4. The lowest BCUT2D eigenvalue weighted by molar-refractivity contribution is -0.124. The molecule has 1 aliphatic heterocycles. The molecule has 1 saturated heterocycles. The number of carbonyl (C=O) groups excluding carboxylic acids is 3. The van der Waals surface area contributed by atoms with E-state index in [4.69, 9.17) is 4.74 Å². The number of aryl methyl sites for hydroxylation is 1. The molecule has 2 aromatic rings. The number of hydrogen-bond acceptors (Lipinski definition) is 4. The van der Waals surface area contributed by atoms with Crippen LogP contribution in [0.5, 0.6) is 5.75 Å². The Morgan fingerprint density at radius 1 is 0.903 bits per heavy atom. The minimum absolute atomic E-state index is 0.0922. The third-order valence-electron chi connectivity index (χ3n) is 7.78. The molecule has 31 heavy (non-hydrogen) atoms. The van der Waals surface area contributed by atoms with Crippen molar-refractivity contribution in [1.29, 1.82) is 0 Å². The maximum absolute atomic E-state index is 13.2. The molecular weight excluding hydrogens is 390 g/mol. The molecule has 0 aromatic heterocycles. The third-order valence-corrected chi connectivity index (χ3v) is 7.78. The van der Waals surface area contributed by atoms with E-state index in [2.05, 4.69) is 12.2 Å². The Morgan fingerprint density at radius 2 is 1.52 bits per heavy atom. The molecule has 0 spiro atoms. The summed E-state index contributed by atoms with van der Waals surface area (Å²) < 4.78 is 5.56. The van der Waals surface area contributed by atoms with Crippen molar-refractivity contribution in [3.05, 3.63) is 71.3 Å². The van der Waals surface area contributed by atoms with E-state index in [9.17, 15) is 14.4 Å². The number of benzene rings is 2. The van der Waals surface area contributed by atoms with Gasteiger partial charge in [-0.3, -0.25) is 14.5 Å². The molecule has 0 N–H and O–H groups in total. The van der Waals surface area contributed by atoms with Gasteiger partial charge in [-0.05, 0) is 85.4 Å². The number of nitrogens with zero attached hydrogens (tertiary/aromatic N) is 1. The van der Waals surface area contributed by atoms with E-state index in [1.807, 2.05) is 26.0 Å². The molecule has 156 valence electrons. The molecule has 6 atom stereocenters. The van der Waals surface area contributed by atoms with E-state index in [0.29, 0.717) is 28.8 Å². The average molecular weight is 413 g/mol. The van der Waals surface area contributed by atoms with Gasteiger partial charge in [0.2, 0.25) is 11.8 Å². The predicted octanol–water partition coefficient (Wildman–Crippen LogP) is 4.08. The van der Waals surface area contributed by atoms with E-state index in [1.165, 1.54) is 4.90 Å². The first-order valence-electron chi connectivity index (χ1n) is 10.9. The number of hydrogen-bond donors (Lipinski definition) is 0. The first-order chi connectivity index (χ1) is 15.0. The topological polar surface area (TPSA) is 63.7 Å². The molecule has 6 unspecified atom stereocenters. The van der Waals surface area contributed by atoms with Crippen molar-refractivity contribution in [3.63, 3.8) is 0 Å². The second-order valence-corrected chi connectivity index (χ2v) is 9.30. The molecule has 5 heteroatoms. The van der Waals surface area contributed by atoms with Crippen molar-refractivity contribution in [2.24, 2.45) is 35.5 Å². The average Bonchev–Trinajstić information content (AvgIpc) is 3.55. The predicted molar refractivity (Wildman–Crippen MR) is 115 cm³/mol. The summed E-state index contributed by atoms with van der Waals surface area (Å²) in [6.07, 6.45) is 5.48. The van der Waals surface area contributed by atoms with Crippen molar-refractivity contribution < 1.29 is 19.1 Å². The van der Waals surface area contributed by atoms with Crippen molar-refractivity contribution in [2.45, 2.75) is 20.3 Å². The van der Waals surface area contributed by atoms with Gasteiger partial charge in [0, 0.05) is 0 Å². The maximum Gasteiger partial charge on any atom is 0.343 e. The van der Waals surface area contributed by atoms with Gasteiger partial charge in [-0.25, -0.2) is 4.79 Å². The molecular formula is C26H23NO4. The molecule has 2 amide bonds. The van der Waals surface area contributed by atoms with Crippen LogP contribution in [0.2, 0.25) is 0 Å². The fourth-order valence-corrected chi connectivity index (χ4v) is 5.95. The second kappa shape index (κ2) is 6.39. The molecule has 0 radical (unpaired) electrons. The zero-order chi connectivity index (χ0) is 21.4. The van der Waals surface area contributed by atoms with E-state index in [1.54, 1.807) is 30.3 Å². The van der Waals surface area contributed by atoms with Gasteiger partial charge in [-0.15, -0.1) is 0 Å². The SMILES string of the molecule is Cc1cccc(OC(=O)c2ccc(N3C(=O)C4C5C=CC(C6CC56)C4C3=O)cc2)c1C. The molecule has 3 fully saturated rings. The van der Waals surface area contributed by atoms with E-state index in [0.717, 1.165) is 17.5 Å². The molecule has 5 nitrogen and oxygen atoms in total. The van der Waals surface area contributed by atoms with Crippen LogP contribution in [0, 0.1) is 49.4 Å². The first kappa shape index (κ1) is 18.6. The number of rotatable bonds is 3. The number of amides is 2. The van der Waals surface area contributed by atoms with Crippen molar-refractivity contribution in [2.75, 3.05) is 4.90 Å². The molecule has 4 aliphatic carbocycles. The Bertz CT molecular complexity index is 1130. The molecule has 2 aromatic carbocycles. The highest BCUT2D eigenvalue weighted by Crippen LogP contribution is 2.65. The van der Waals surface area contributed by atoms with Crippen LogP contribution in [0.3, 0.4) is 0 Å². The number of anilines is 1. The Balaban J connectivity index is 1.24. The normalized spacial score (nSPS) is 32.1. The zero-order valence-electron chi connectivity index (χ0n) is 17.4. The number of ether oxygens (including phenoxy) is 1. The van der Waals surface area contributed by atoms with Gasteiger partial charge in [-0.2, -0.15) is 0 Å². The van der Waals surface area contributed by atoms with Crippen LogP contribution < -0.4 is 9.64 Å². The van der Waals surface area contributed by atoms with Crippen LogP contribution in [0.1, 0.15) is 27.9 Å². The maximum atomic E-state index is 13.2. The van der Waals surface area contributed by atoms with E-state index in [-0.39, 0.29) is 35.5 Å². The van der Waals surface area contributed by atoms with E-state index >= 15 is 0 Å².